The number of hydrogen-bond donors (Lipinski definition) is 1. The van der Waals surface area contributed by atoms with Crippen LogP contribution in [0, 0.1) is 5.92 Å². The third kappa shape index (κ3) is 3.43. The molecule has 0 amide bonds. The van der Waals surface area contributed by atoms with E-state index in [-0.39, 0.29) is 0 Å². The van der Waals surface area contributed by atoms with E-state index in [0.29, 0.717) is 0 Å². The van der Waals surface area contributed by atoms with E-state index in [1.54, 1.807) is 0 Å². The van der Waals surface area contributed by atoms with Gasteiger partial charge in [0.2, 0.25) is 0 Å². The van der Waals surface area contributed by atoms with Crippen LogP contribution in [-0.2, 0) is 0 Å². The smallest absolute Gasteiger partial charge is 0.173 e. The fraction of sp³-hybridized carbons (Fsp3) is 0.500. The highest BCUT2D eigenvalue weighted by Crippen LogP contribution is 2.21. The van der Waals surface area contributed by atoms with Crippen LogP contribution in [0.15, 0.2) is 30.3 Å². The monoisotopic (exact) mass is 248 g/mol. The van der Waals surface area contributed by atoms with Crippen molar-refractivity contribution in [2.45, 2.75) is 26.2 Å². The average molecular weight is 248 g/mol. The Morgan fingerprint density at radius 3 is 2.88 bits per heavy atom. The number of hydrogen-bond acceptors (Lipinski definition) is 1. The molecule has 1 aromatic rings. The zero-order valence-corrected chi connectivity index (χ0v) is 11.2. The number of rotatable bonds is 3. The quantitative estimate of drug-likeness (QED) is 0.824. The molecule has 3 heteroatoms. The molecule has 1 saturated heterocycles. The number of benzene rings is 1. The Morgan fingerprint density at radius 1 is 1.41 bits per heavy atom. The largest absolute Gasteiger partial charge is 0.349 e. The summed E-state index contributed by atoms with van der Waals surface area (Å²) in [5.41, 5.74) is 1.08. The van der Waals surface area contributed by atoms with Crippen molar-refractivity contribution in [2.24, 2.45) is 5.92 Å². The summed E-state index contributed by atoms with van der Waals surface area (Å²) >= 11 is 5.45. The molecule has 1 aromatic carbocycles. The highest BCUT2D eigenvalue weighted by atomic mass is 32.1. The molecule has 92 valence electrons. The number of likely N-dealkylation sites (tertiary alicyclic amines) is 1. The number of nitrogens with zero attached hydrogens (tertiary/aromatic N) is 1. The van der Waals surface area contributed by atoms with Crippen LogP contribution in [0.2, 0.25) is 0 Å². The number of thiocarbonyl (C=S) groups is 1. The standard InChI is InChI=1S/C14H20N2S/c1-2-6-12-9-10-16(11-12)14(17)15-13-7-4-3-5-8-13/h3-5,7-8,12H,2,6,9-11H2,1H3,(H,15,17). The Morgan fingerprint density at radius 2 is 2.18 bits per heavy atom. The van der Waals surface area contributed by atoms with Crippen molar-refractivity contribution in [3.63, 3.8) is 0 Å². The molecular formula is C14H20N2S. The number of para-hydroxylation sites is 1. The summed E-state index contributed by atoms with van der Waals surface area (Å²) in [5, 5.41) is 4.17. The molecule has 2 nitrogen and oxygen atoms in total. The van der Waals surface area contributed by atoms with Gasteiger partial charge in [-0.25, -0.2) is 0 Å². The van der Waals surface area contributed by atoms with Gasteiger partial charge in [-0.1, -0.05) is 31.5 Å². The zero-order chi connectivity index (χ0) is 12.1. The summed E-state index contributed by atoms with van der Waals surface area (Å²) in [6.45, 7) is 4.47. The maximum Gasteiger partial charge on any atom is 0.173 e. The van der Waals surface area contributed by atoms with Gasteiger partial charge in [-0.3, -0.25) is 0 Å². The Labute approximate surface area is 109 Å². The molecule has 0 saturated carbocycles. The molecular weight excluding hydrogens is 228 g/mol. The normalized spacial score (nSPS) is 19.4. The van der Waals surface area contributed by atoms with Crippen LogP contribution in [-0.4, -0.2) is 23.1 Å². The molecule has 1 atom stereocenters. The van der Waals surface area contributed by atoms with Crippen molar-refractivity contribution in [1.29, 1.82) is 0 Å². The summed E-state index contributed by atoms with van der Waals surface area (Å²) in [6, 6.07) is 10.2. The van der Waals surface area contributed by atoms with E-state index in [0.717, 1.165) is 29.8 Å². The molecule has 0 aliphatic carbocycles. The van der Waals surface area contributed by atoms with Gasteiger partial charge >= 0.3 is 0 Å². The molecule has 0 radical (unpaired) electrons. The van der Waals surface area contributed by atoms with Gasteiger partial charge in [0.15, 0.2) is 5.11 Å². The highest BCUT2D eigenvalue weighted by Gasteiger charge is 2.23. The molecule has 2 rings (SSSR count). The second-order valence-electron chi connectivity index (χ2n) is 4.69. The maximum atomic E-state index is 5.45. The lowest BCUT2D eigenvalue weighted by atomic mass is 10.0. The van der Waals surface area contributed by atoms with Crippen molar-refractivity contribution in [2.75, 3.05) is 18.4 Å². The van der Waals surface area contributed by atoms with Crippen molar-refractivity contribution in [1.82, 2.24) is 4.90 Å². The SMILES string of the molecule is CCCC1CCN(C(=S)Nc2ccccc2)C1. The van der Waals surface area contributed by atoms with Gasteiger partial charge in [0.05, 0.1) is 0 Å². The summed E-state index contributed by atoms with van der Waals surface area (Å²) in [6.07, 6.45) is 3.88. The van der Waals surface area contributed by atoms with Crippen molar-refractivity contribution in [3.8, 4) is 0 Å². The molecule has 17 heavy (non-hydrogen) atoms. The van der Waals surface area contributed by atoms with Gasteiger partial charge in [-0.15, -0.1) is 0 Å². The number of nitrogens with one attached hydrogen (secondary N) is 1. The lowest BCUT2D eigenvalue weighted by molar-refractivity contribution is 0.462. The minimum Gasteiger partial charge on any atom is -0.349 e. The van der Waals surface area contributed by atoms with Gasteiger partial charge in [-0.2, -0.15) is 0 Å². The lowest BCUT2D eigenvalue weighted by Gasteiger charge is -2.20. The van der Waals surface area contributed by atoms with E-state index in [1.165, 1.54) is 19.3 Å². The molecule has 0 aromatic heterocycles. The Bertz CT molecular complexity index is 364. The topological polar surface area (TPSA) is 15.3 Å². The third-order valence-corrected chi connectivity index (χ3v) is 3.66. The first kappa shape index (κ1) is 12.4. The van der Waals surface area contributed by atoms with E-state index in [4.69, 9.17) is 12.2 Å². The molecule has 0 spiro atoms. The third-order valence-electron chi connectivity index (χ3n) is 3.30. The molecule has 1 aliphatic heterocycles. The van der Waals surface area contributed by atoms with Gasteiger partial charge in [-0.05, 0) is 43.1 Å². The molecule has 1 unspecified atom stereocenters. The van der Waals surface area contributed by atoms with Crippen LogP contribution in [0.1, 0.15) is 26.2 Å². The van der Waals surface area contributed by atoms with Crippen LogP contribution in [0.5, 0.6) is 0 Å². The van der Waals surface area contributed by atoms with Crippen molar-refractivity contribution < 1.29 is 0 Å². The molecule has 1 N–H and O–H groups in total. The van der Waals surface area contributed by atoms with Crippen LogP contribution < -0.4 is 5.32 Å². The minimum atomic E-state index is 0.829. The lowest BCUT2D eigenvalue weighted by Crippen LogP contribution is -2.32. The molecule has 1 heterocycles. The summed E-state index contributed by atoms with van der Waals surface area (Å²) in [4.78, 5) is 2.29. The van der Waals surface area contributed by atoms with Crippen LogP contribution in [0.25, 0.3) is 0 Å². The minimum absolute atomic E-state index is 0.829. The fourth-order valence-corrected chi connectivity index (χ4v) is 2.67. The van der Waals surface area contributed by atoms with Crippen molar-refractivity contribution in [3.05, 3.63) is 30.3 Å². The Hall–Kier alpha value is -1.09. The average Bonchev–Trinajstić information content (AvgIpc) is 2.79. The van der Waals surface area contributed by atoms with Crippen LogP contribution in [0.4, 0.5) is 5.69 Å². The maximum absolute atomic E-state index is 5.45. The molecule has 0 bridgehead atoms. The first-order chi connectivity index (χ1) is 8.29. The van der Waals surface area contributed by atoms with Crippen LogP contribution >= 0.6 is 12.2 Å². The number of anilines is 1. The fourth-order valence-electron chi connectivity index (χ4n) is 2.39. The van der Waals surface area contributed by atoms with E-state index in [1.807, 2.05) is 30.3 Å². The van der Waals surface area contributed by atoms with Gasteiger partial charge in [0.1, 0.15) is 0 Å². The van der Waals surface area contributed by atoms with E-state index < -0.39 is 0 Å². The predicted molar refractivity (Wildman–Crippen MR) is 77.3 cm³/mol. The first-order valence-electron chi connectivity index (χ1n) is 6.40. The first-order valence-corrected chi connectivity index (χ1v) is 6.81. The predicted octanol–water partition coefficient (Wildman–Crippen LogP) is 3.51. The zero-order valence-electron chi connectivity index (χ0n) is 10.4. The van der Waals surface area contributed by atoms with Crippen molar-refractivity contribution >= 4 is 23.0 Å². The summed E-state index contributed by atoms with van der Waals surface area (Å²) < 4.78 is 0. The van der Waals surface area contributed by atoms with Gasteiger partial charge in [0.25, 0.3) is 0 Å². The molecule has 1 fully saturated rings. The van der Waals surface area contributed by atoms with E-state index in [2.05, 4.69) is 17.1 Å². The second kappa shape index (κ2) is 6.01. The van der Waals surface area contributed by atoms with Gasteiger partial charge < -0.3 is 10.2 Å². The molecule has 1 aliphatic rings. The van der Waals surface area contributed by atoms with Crippen LogP contribution in [0.3, 0.4) is 0 Å². The van der Waals surface area contributed by atoms with E-state index in [9.17, 15) is 0 Å². The summed E-state index contributed by atoms with van der Waals surface area (Å²) in [7, 11) is 0. The Kier molecular flexibility index (Phi) is 4.37. The summed E-state index contributed by atoms with van der Waals surface area (Å²) in [5.74, 6) is 0.829. The highest BCUT2D eigenvalue weighted by molar-refractivity contribution is 7.80. The second-order valence-corrected chi connectivity index (χ2v) is 5.07. The van der Waals surface area contributed by atoms with E-state index >= 15 is 0 Å². The van der Waals surface area contributed by atoms with Gasteiger partial charge in [0, 0.05) is 18.8 Å². The Balaban J connectivity index is 1.85.